The average Bonchev–Trinajstić information content (AvgIpc) is 3.21. The van der Waals surface area contributed by atoms with Gasteiger partial charge >= 0.3 is 0 Å². The molecule has 0 bridgehead atoms. The van der Waals surface area contributed by atoms with Gasteiger partial charge < -0.3 is 16.4 Å². The zero-order chi connectivity index (χ0) is 16.4. The van der Waals surface area contributed by atoms with Gasteiger partial charge in [-0.1, -0.05) is 11.6 Å². The monoisotopic (exact) mass is 386 g/mol. The quantitative estimate of drug-likeness (QED) is 0.735. The Balaban J connectivity index is 0.00000208. The minimum atomic E-state index is -0.350. The number of aromatic nitrogens is 1. The number of carbonyl (C=O) groups excluding carboxylic acids is 2. The molecule has 0 aliphatic heterocycles. The summed E-state index contributed by atoms with van der Waals surface area (Å²) < 4.78 is 0. The first-order chi connectivity index (χ1) is 11.1. The van der Waals surface area contributed by atoms with E-state index < -0.39 is 0 Å². The maximum absolute atomic E-state index is 12.2. The molecule has 1 saturated carbocycles. The molecule has 1 aliphatic carbocycles. The third-order valence-corrected chi connectivity index (χ3v) is 4.54. The van der Waals surface area contributed by atoms with Crippen LogP contribution in [0.25, 0.3) is 0 Å². The molecule has 1 aromatic carbocycles. The van der Waals surface area contributed by atoms with Gasteiger partial charge in [0.25, 0.3) is 11.8 Å². The number of thiazole rings is 1. The number of hydrogen-bond acceptors (Lipinski definition) is 5. The second kappa shape index (κ2) is 7.94. The maximum Gasteiger partial charge on any atom is 0.275 e. The van der Waals surface area contributed by atoms with E-state index in [1.54, 1.807) is 23.6 Å². The molecule has 0 spiro atoms. The van der Waals surface area contributed by atoms with Gasteiger partial charge in [-0.2, -0.15) is 0 Å². The Kier molecular flexibility index (Phi) is 6.17. The van der Waals surface area contributed by atoms with Crippen LogP contribution in [0.4, 0.5) is 5.69 Å². The largest absolute Gasteiger partial charge is 0.349 e. The summed E-state index contributed by atoms with van der Waals surface area (Å²) in [6.45, 7) is 0.296. The van der Waals surface area contributed by atoms with Crippen molar-refractivity contribution in [1.29, 1.82) is 0 Å². The molecule has 128 valence electrons. The summed E-state index contributed by atoms with van der Waals surface area (Å²) in [4.78, 5) is 28.4. The molecule has 1 heterocycles. The Hall–Kier alpha value is -1.67. The van der Waals surface area contributed by atoms with Gasteiger partial charge in [0.1, 0.15) is 10.7 Å². The summed E-state index contributed by atoms with van der Waals surface area (Å²) in [5, 5.41) is 8.27. The van der Waals surface area contributed by atoms with Crippen LogP contribution in [-0.4, -0.2) is 22.8 Å². The molecule has 0 unspecified atom stereocenters. The average molecular weight is 387 g/mol. The SMILES string of the molecule is Cl.NCc1nc(C(=O)Nc2ccc(Cl)c(C(=O)NC3CC3)c2)cs1. The minimum Gasteiger partial charge on any atom is -0.349 e. The number of nitrogens with two attached hydrogens (primary N) is 1. The predicted octanol–water partition coefficient (Wildman–Crippen LogP) is 2.82. The highest BCUT2D eigenvalue weighted by Gasteiger charge is 2.25. The number of anilines is 1. The number of amides is 2. The molecule has 2 aromatic rings. The standard InChI is InChI=1S/C15H15ClN4O2S.ClH/c16-11-4-3-9(5-10(11)14(21)18-8-1-2-8)19-15(22)12-7-23-13(6-17)20-12;/h3-5,7-8H,1-2,6,17H2,(H,18,21)(H,19,22);1H. The number of hydrogen-bond donors (Lipinski definition) is 3. The lowest BCUT2D eigenvalue weighted by atomic mass is 10.2. The van der Waals surface area contributed by atoms with Crippen molar-refractivity contribution in [2.75, 3.05) is 5.32 Å². The van der Waals surface area contributed by atoms with Crippen LogP contribution >= 0.6 is 35.3 Å². The van der Waals surface area contributed by atoms with E-state index >= 15 is 0 Å². The van der Waals surface area contributed by atoms with Gasteiger partial charge in [0.05, 0.1) is 10.6 Å². The van der Waals surface area contributed by atoms with Gasteiger partial charge in [-0.15, -0.1) is 23.7 Å². The Morgan fingerprint density at radius 3 is 2.71 bits per heavy atom. The normalized spacial score (nSPS) is 13.1. The highest BCUT2D eigenvalue weighted by Crippen LogP contribution is 2.24. The topological polar surface area (TPSA) is 97.1 Å². The summed E-state index contributed by atoms with van der Waals surface area (Å²) >= 11 is 7.40. The van der Waals surface area contributed by atoms with Crippen LogP contribution in [0.1, 0.15) is 38.7 Å². The van der Waals surface area contributed by atoms with E-state index in [4.69, 9.17) is 17.3 Å². The lowest BCUT2D eigenvalue weighted by molar-refractivity contribution is 0.0949. The Labute approximate surface area is 154 Å². The number of carbonyl (C=O) groups is 2. The van der Waals surface area contributed by atoms with Gasteiger partial charge in [0.2, 0.25) is 0 Å². The molecule has 0 radical (unpaired) electrons. The van der Waals surface area contributed by atoms with Crippen LogP contribution in [0.2, 0.25) is 5.02 Å². The van der Waals surface area contributed by atoms with Crippen LogP contribution in [0.15, 0.2) is 23.6 Å². The third-order valence-electron chi connectivity index (χ3n) is 3.34. The second-order valence-corrected chi connectivity index (χ2v) is 6.58. The fraction of sp³-hybridized carbons (Fsp3) is 0.267. The van der Waals surface area contributed by atoms with Crippen molar-refractivity contribution in [3.05, 3.63) is 44.9 Å². The molecular weight excluding hydrogens is 371 g/mol. The molecule has 1 aliphatic rings. The van der Waals surface area contributed by atoms with E-state index in [2.05, 4.69) is 15.6 Å². The van der Waals surface area contributed by atoms with Crippen molar-refractivity contribution in [3.63, 3.8) is 0 Å². The van der Waals surface area contributed by atoms with E-state index in [-0.39, 0.29) is 30.3 Å². The van der Waals surface area contributed by atoms with E-state index in [1.807, 2.05) is 0 Å². The zero-order valence-electron chi connectivity index (χ0n) is 12.5. The highest BCUT2D eigenvalue weighted by atomic mass is 35.5. The van der Waals surface area contributed by atoms with Crippen molar-refractivity contribution in [2.24, 2.45) is 5.73 Å². The smallest absolute Gasteiger partial charge is 0.275 e. The molecule has 1 fully saturated rings. The molecule has 9 heteroatoms. The molecule has 0 atom stereocenters. The number of benzene rings is 1. The lowest BCUT2D eigenvalue weighted by Gasteiger charge is -2.09. The third kappa shape index (κ3) is 4.45. The van der Waals surface area contributed by atoms with Crippen LogP contribution in [-0.2, 0) is 6.54 Å². The Bertz CT molecular complexity index is 762. The first-order valence-corrected chi connectivity index (χ1v) is 8.39. The number of nitrogens with zero attached hydrogens (tertiary/aromatic N) is 1. The first kappa shape index (κ1) is 18.7. The van der Waals surface area contributed by atoms with Gasteiger partial charge in [-0.25, -0.2) is 4.98 Å². The zero-order valence-corrected chi connectivity index (χ0v) is 14.9. The number of rotatable bonds is 5. The summed E-state index contributed by atoms with van der Waals surface area (Å²) in [7, 11) is 0. The fourth-order valence-electron chi connectivity index (χ4n) is 1.97. The number of halogens is 2. The summed E-state index contributed by atoms with van der Waals surface area (Å²) in [6.07, 6.45) is 1.99. The highest BCUT2D eigenvalue weighted by molar-refractivity contribution is 7.09. The molecular formula is C15H16Cl2N4O2S. The Morgan fingerprint density at radius 1 is 1.33 bits per heavy atom. The molecule has 24 heavy (non-hydrogen) atoms. The van der Waals surface area contributed by atoms with E-state index in [1.165, 1.54) is 11.3 Å². The van der Waals surface area contributed by atoms with Crippen LogP contribution < -0.4 is 16.4 Å². The predicted molar refractivity (Wildman–Crippen MR) is 97.1 cm³/mol. The van der Waals surface area contributed by atoms with Gasteiger partial charge in [-0.3, -0.25) is 9.59 Å². The summed E-state index contributed by atoms with van der Waals surface area (Å²) in [6, 6.07) is 5.03. The van der Waals surface area contributed by atoms with E-state index in [9.17, 15) is 9.59 Å². The van der Waals surface area contributed by atoms with E-state index in [0.717, 1.165) is 12.8 Å². The molecule has 6 nitrogen and oxygen atoms in total. The summed E-state index contributed by atoms with van der Waals surface area (Å²) in [5.41, 5.74) is 6.62. The lowest BCUT2D eigenvalue weighted by Crippen LogP contribution is -2.25. The van der Waals surface area contributed by atoms with Crippen LogP contribution in [0.3, 0.4) is 0 Å². The minimum absolute atomic E-state index is 0. The van der Waals surface area contributed by atoms with Crippen molar-refractivity contribution < 1.29 is 9.59 Å². The second-order valence-electron chi connectivity index (χ2n) is 5.23. The van der Waals surface area contributed by atoms with Gasteiger partial charge in [-0.05, 0) is 31.0 Å². The summed E-state index contributed by atoms with van der Waals surface area (Å²) in [5.74, 6) is -0.579. The van der Waals surface area contributed by atoms with Gasteiger partial charge in [0, 0.05) is 23.7 Å². The van der Waals surface area contributed by atoms with Crippen LogP contribution in [0.5, 0.6) is 0 Å². The number of nitrogens with one attached hydrogen (secondary N) is 2. The first-order valence-electron chi connectivity index (χ1n) is 7.13. The van der Waals surface area contributed by atoms with Crippen molar-refractivity contribution >= 4 is 52.8 Å². The fourth-order valence-corrected chi connectivity index (χ4v) is 2.83. The molecule has 3 rings (SSSR count). The van der Waals surface area contributed by atoms with Crippen LogP contribution in [0, 0.1) is 0 Å². The van der Waals surface area contributed by atoms with E-state index in [0.29, 0.717) is 33.5 Å². The van der Waals surface area contributed by atoms with Crippen molar-refractivity contribution in [2.45, 2.75) is 25.4 Å². The Morgan fingerprint density at radius 2 is 2.08 bits per heavy atom. The maximum atomic E-state index is 12.2. The molecule has 4 N–H and O–H groups in total. The molecule has 2 amide bonds. The van der Waals surface area contributed by atoms with Gasteiger partial charge in [0.15, 0.2) is 0 Å². The molecule has 0 saturated heterocycles. The van der Waals surface area contributed by atoms with Crippen molar-refractivity contribution in [3.8, 4) is 0 Å². The van der Waals surface area contributed by atoms with Crippen molar-refractivity contribution in [1.82, 2.24) is 10.3 Å². The molecule has 1 aromatic heterocycles.